The molecule has 2 heterocycles. The molecule has 0 aliphatic heterocycles. The van der Waals surface area contributed by atoms with E-state index in [1.807, 2.05) is 13.8 Å². The van der Waals surface area contributed by atoms with Gasteiger partial charge in [-0.2, -0.15) is 0 Å². The third-order valence-corrected chi connectivity index (χ3v) is 3.61. The molecule has 0 amide bonds. The lowest BCUT2D eigenvalue weighted by molar-refractivity contribution is 0.603. The Bertz CT molecular complexity index is 620. The first kappa shape index (κ1) is 13.6. The summed E-state index contributed by atoms with van der Waals surface area (Å²) in [6.45, 7) is 4.58. The number of nitrogens with one attached hydrogen (secondary N) is 2. The summed E-state index contributed by atoms with van der Waals surface area (Å²) >= 11 is 1.36. The van der Waals surface area contributed by atoms with E-state index < -0.39 is 0 Å². The molecule has 2 aromatic heterocycles. The minimum atomic E-state index is -0.190. The molecule has 0 fully saturated rings. The Kier molecular flexibility index (Phi) is 4.20. The lowest BCUT2D eigenvalue weighted by atomic mass is 10.4. The molecule has 0 saturated carbocycles. The van der Waals surface area contributed by atoms with Crippen molar-refractivity contribution in [3.8, 4) is 0 Å². The highest BCUT2D eigenvalue weighted by Gasteiger charge is 2.12. The summed E-state index contributed by atoms with van der Waals surface area (Å²) in [5.74, 6) is 0.549. The summed E-state index contributed by atoms with van der Waals surface area (Å²) in [4.78, 5) is 20.1. The van der Waals surface area contributed by atoms with Crippen molar-refractivity contribution < 1.29 is 0 Å². The second-order valence-corrected chi connectivity index (χ2v) is 4.95. The van der Waals surface area contributed by atoms with Gasteiger partial charge in [-0.25, -0.2) is 19.9 Å². The quantitative estimate of drug-likeness (QED) is 0.802. The summed E-state index contributed by atoms with van der Waals surface area (Å²) in [6, 6.07) is 0. The molecular formula is C11H16N6OS. The van der Waals surface area contributed by atoms with Gasteiger partial charge in [-0.1, -0.05) is 6.92 Å². The van der Waals surface area contributed by atoms with Gasteiger partial charge in [0.2, 0.25) is 5.95 Å². The number of rotatable bonds is 5. The molecule has 0 bridgehead atoms. The lowest BCUT2D eigenvalue weighted by Crippen LogP contribution is -2.17. The fraction of sp³-hybridized carbons (Fsp3) is 0.455. The molecule has 0 spiro atoms. The van der Waals surface area contributed by atoms with E-state index in [1.165, 1.54) is 11.8 Å². The summed E-state index contributed by atoms with van der Waals surface area (Å²) in [5.41, 5.74) is 0.757. The van der Waals surface area contributed by atoms with Crippen molar-refractivity contribution in [1.82, 2.24) is 24.7 Å². The number of aromatic amines is 1. The monoisotopic (exact) mass is 280 g/mol. The number of aromatic nitrogens is 5. The third-order valence-electron chi connectivity index (χ3n) is 2.51. The first-order chi connectivity index (χ1) is 9.15. The average Bonchev–Trinajstić information content (AvgIpc) is 2.74. The summed E-state index contributed by atoms with van der Waals surface area (Å²) in [6.07, 6.45) is 2.62. The van der Waals surface area contributed by atoms with Crippen molar-refractivity contribution in [1.29, 1.82) is 0 Å². The Labute approximate surface area is 114 Å². The Hall–Kier alpha value is -1.83. The normalized spacial score (nSPS) is 10.7. The Balaban J connectivity index is 2.33. The molecule has 0 radical (unpaired) electrons. The predicted octanol–water partition coefficient (Wildman–Crippen LogP) is 1.27. The van der Waals surface area contributed by atoms with Crippen molar-refractivity contribution in [2.45, 2.75) is 37.0 Å². The molecule has 7 nitrogen and oxygen atoms in total. The van der Waals surface area contributed by atoms with Crippen LogP contribution < -0.4 is 11.0 Å². The van der Waals surface area contributed by atoms with Crippen LogP contribution in [-0.2, 0) is 6.54 Å². The standard InChI is InChI=1S/C11H16N6OS/c1-4-5-17-10(18)15-16-11(17)19-8-7(2)6-13-9(12-3)14-8/h6H,4-5H2,1-3H3,(H,15,18)(H,12,13,14). The van der Waals surface area contributed by atoms with Crippen LogP contribution in [0.15, 0.2) is 21.2 Å². The second-order valence-electron chi connectivity index (χ2n) is 4.00. The van der Waals surface area contributed by atoms with Crippen molar-refractivity contribution in [3.05, 3.63) is 22.2 Å². The van der Waals surface area contributed by atoms with Crippen LogP contribution in [0.4, 0.5) is 5.95 Å². The number of hydrogen-bond donors (Lipinski definition) is 2. The van der Waals surface area contributed by atoms with Gasteiger partial charge < -0.3 is 5.32 Å². The van der Waals surface area contributed by atoms with E-state index in [9.17, 15) is 4.79 Å². The van der Waals surface area contributed by atoms with Crippen LogP contribution in [0.2, 0.25) is 0 Å². The van der Waals surface area contributed by atoms with Gasteiger partial charge >= 0.3 is 5.69 Å². The zero-order chi connectivity index (χ0) is 13.8. The van der Waals surface area contributed by atoms with E-state index in [0.717, 1.165) is 17.0 Å². The maximum absolute atomic E-state index is 11.6. The predicted molar refractivity (Wildman–Crippen MR) is 73.6 cm³/mol. The van der Waals surface area contributed by atoms with Crippen molar-refractivity contribution in [2.24, 2.45) is 0 Å². The molecule has 102 valence electrons. The first-order valence-electron chi connectivity index (χ1n) is 6.00. The Morgan fingerprint density at radius 1 is 1.53 bits per heavy atom. The van der Waals surface area contributed by atoms with Crippen LogP contribution in [0, 0.1) is 6.92 Å². The van der Waals surface area contributed by atoms with Crippen LogP contribution in [-0.4, -0.2) is 31.8 Å². The molecule has 0 aliphatic carbocycles. The lowest BCUT2D eigenvalue weighted by Gasteiger charge is -2.06. The van der Waals surface area contributed by atoms with Crippen LogP contribution in [0.3, 0.4) is 0 Å². The maximum atomic E-state index is 11.6. The molecule has 0 saturated heterocycles. The highest BCUT2D eigenvalue weighted by atomic mass is 32.2. The minimum Gasteiger partial charge on any atom is -0.357 e. The van der Waals surface area contributed by atoms with Gasteiger partial charge in [-0.3, -0.25) is 4.57 Å². The Morgan fingerprint density at radius 2 is 2.32 bits per heavy atom. The van der Waals surface area contributed by atoms with Crippen LogP contribution in [0.1, 0.15) is 18.9 Å². The average molecular weight is 280 g/mol. The minimum absolute atomic E-state index is 0.190. The summed E-state index contributed by atoms with van der Waals surface area (Å²) < 4.78 is 1.62. The van der Waals surface area contributed by atoms with Gasteiger partial charge in [0.1, 0.15) is 5.03 Å². The second kappa shape index (κ2) is 5.87. The highest BCUT2D eigenvalue weighted by Crippen LogP contribution is 2.26. The summed E-state index contributed by atoms with van der Waals surface area (Å²) in [7, 11) is 1.76. The van der Waals surface area contributed by atoms with E-state index >= 15 is 0 Å². The van der Waals surface area contributed by atoms with E-state index in [1.54, 1.807) is 17.8 Å². The van der Waals surface area contributed by atoms with E-state index in [4.69, 9.17) is 0 Å². The number of hydrogen-bond acceptors (Lipinski definition) is 6. The third kappa shape index (κ3) is 2.95. The first-order valence-corrected chi connectivity index (χ1v) is 6.81. The summed E-state index contributed by atoms with van der Waals surface area (Å²) in [5, 5.41) is 10.8. The zero-order valence-corrected chi connectivity index (χ0v) is 11.9. The molecule has 8 heteroatoms. The number of aryl methyl sites for hydroxylation is 1. The SMILES string of the molecule is CCCn1c(Sc2nc(NC)ncc2C)n[nH]c1=O. The molecule has 0 aromatic carbocycles. The van der Waals surface area contributed by atoms with Gasteiger partial charge in [-0.05, 0) is 25.1 Å². The topological polar surface area (TPSA) is 88.5 Å². The van der Waals surface area contributed by atoms with Gasteiger partial charge in [0.05, 0.1) is 0 Å². The highest BCUT2D eigenvalue weighted by molar-refractivity contribution is 7.99. The van der Waals surface area contributed by atoms with Gasteiger partial charge in [0, 0.05) is 25.4 Å². The van der Waals surface area contributed by atoms with E-state index in [2.05, 4.69) is 25.5 Å². The van der Waals surface area contributed by atoms with Crippen LogP contribution in [0.5, 0.6) is 0 Å². The van der Waals surface area contributed by atoms with Crippen LogP contribution >= 0.6 is 11.8 Å². The zero-order valence-electron chi connectivity index (χ0n) is 11.1. The Morgan fingerprint density at radius 3 is 3.00 bits per heavy atom. The van der Waals surface area contributed by atoms with Gasteiger partial charge in [0.15, 0.2) is 5.16 Å². The van der Waals surface area contributed by atoms with Gasteiger partial charge in [0.25, 0.3) is 0 Å². The number of H-pyrrole nitrogens is 1. The van der Waals surface area contributed by atoms with E-state index in [-0.39, 0.29) is 5.69 Å². The molecular weight excluding hydrogens is 264 g/mol. The maximum Gasteiger partial charge on any atom is 0.343 e. The smallest absolute Gasteiger partial charge is 0.343 e. The van der Waals surface area contributed by atoms with Gasteiger partial charge in [-0.15, -0.1) is 5.10 Å². The molecule has 2 aromatic rings. The fourth-order valence-electron chi connectivity index (χ4n) is 1.54. The molecule has 2 rings (SSSR count). The molecule has 2 N–H and O–H groups in total. The molecule has 0 unspecified atom stereocenters. The molecule has 0 aliphatic rings. The van der Waals surface area contributed by atoms with Crippen LogP contribution in [0.25, 0.3) is 0 Å². The number of nitrogens with zero attached hydrogens (tertiary/aromatic N) is 4. The molecule has 0 atom stereocenters. The molecule has 19 heavy (non-hydrogen) atoms. The van der Waals surface area contributed by atoms with Crippen molar-refractivity contribution in [3.63, 3.8) is 0 Å². The largest absolute Gasteiger partial charge is 0.357 e. The van der Waals surface area contributed by atoms with E-state index in [0.29, 0.717) is 17.6 Å². The fourth-order valence-corrected chi connectivity index (χ4v) is 2.43. The van der Waals surface area contributed by atoms with Crippen molar-refractivity contribution >= 4 is 17.7 Å². The number of anilines is 1. The van der Waals surface area contributed by atoms with Crippen molar-refractivity contribution in [2.75, 3.05) is 12.4 Å².